The first-order chi connectivity index (χ1) is 5.11. The SMILES string of the molecule is Cc1ccc(C([NH])=O)c(C)c1. The summed E-state index contributed by atoms with van der Waals surface area (Å²) < 4.78 is 0. The molecule has 0 heterocycles. The van der Waals surface area contributed by atoms with E-state index in [1.54, 1.807) is 6.07 Å². The summed E-state index contributed by atoms with van der Waals surface area (Å²) in [6.45, 7) is 3.81. The fourth-order valence-electron chi connectivity index (χ4n) is 1.07. The Morgan fingerprint density at radius 3 is 2.45 bits per heavy atom. The summed E-state index contributed by atoms with van der Waals surface area (Å²) in [5, 5.41) is 0. The van der Waals surface area contributed by atoms with Gasteiger partial charge >= 0.3 is 0 Å². The average molecular weight is 148 g/mol. The minimum Gasteiger partial charge on any atom is -0.267 e. The van der Waals surface area contributed by atoms with E-state index < -0.39 is 5.91 Å². The number of hydrogen-bond acceptors (Lipinski definition) is 1. The highest BCUT2D eigenvalue weighted by atomic mass is 16.1. The molecule has 1 radical (unpaired) electrons. The van der Waals surface area contributed by atoms with Gasteiger partial charge in [0.25, 0.3) is 5.91 Å². The Bertz CT molecular complexity index is 292. The molecule has 0 unspecified atom stereocenters. The van der Waals surface area contributed by atoms with Gasteiger partial charge in [0.05, 0.1) is 0 Å². The zero-order valence-electron chi connectivity index (χ0n) is 6.64. The van der Waals surface area contributed by atoms with Crippen LogP contribution in [0.5, 0.6) is 0 Å². The maximum atomic E-state index is 10.6. The van der Waals surface area contributed by atoms with Crippen LogP contribution in [0.15, 0.2) is 18.2 Å². The van der Waals surface area contributed by atoms with Crippen LogP contribution in [-0.2, 0) is 0 Å². The maximum Gasteiger partial charge on any atom is 0.269 e. The van der Waals surface area contributed by atoms with Crippen LogP contribution < -0.4 is 5.73 Å². The normalized spacial score (nSPS) is 9.64. The summed E-state index contributed by atoms with van der Waals surface area (Å²) in [5.74, 6) is -0.609. The lowest BCUT2D eigenvalue weighted by molar-refractivity contribution is 0.0991. The van der Waals surface area contributed by atoms with Gasteiger partial charge in [-0.25, -0.2) is 0 Å². The van der Waals surface area contributed by atoms with Crippen molar-refractivity contribution in [2.75, 3.05) is 0 Å². The second-order valence-corrected chi connectivity index (χ2v) is 2.65. The van der Waals surface area contributed by atoms with Crippen LogP contribution in [0.4, 0.5) is 0 Å². The topological polar surface area (TPSA) is 40.9 Å². The van der Waals surface area contributed by atoms with Gasteiger partial charge in [-0.15, -0.1) is 0 Å². The minimum atomic E-state index is -0.609. The lowest BCUT2D eigenvalue weighted by Gasteiger charge is -2.00. The summed E-state index contributed by atoms with van der Waals surface area (Å²) in [7, 11) is 0. The quantitative estimate of drug-likeness (QED) is 0.597. The molecule has 1 N–H and O–H groups in total. The lowest BCUT2D eigenvalue weighted by atomic mass is 10.1. The Labute approximate surface area is 66.0 Å². The first-order valence-corrected chi connectivity index (χ1v) is 3.44. The summed E-state index contributed by atoms with van der Waals surface area (Å²) in [5.41, 5.74) is 9.38. The number of rotatable bonds is 1. The van der Waals surface area contributed by atoms with Gasteiger partial charge in [-0.1, -0.05) is 17.7 Å². The average Bonchev–Trinajstić information content (AvgIpc) is 1.85. The van der Waals surface area contributed by atoms with Crippen molar-refractivity contribution >= 4 is 5.91 Å². The first kappa shape index (κ1) is 7.79. The number of aryl methyl sites for hydroxylation is 2. The highest BCUT2D eigenvalue weighted by molar-refractivity contribution is 5.93. The molecular weight excluding hydrogens is 138 g/mol. The van der Waals surface area contributed by atoms with E-state index >= 15 is 0 Å². The largest absolute Gasteiger partial charge is 0.269 e. The van der Waals surface area contributed by atoms with Crippen molar-refractivity contribution in [1.82, 2.24) is 5.73 Å². The zero-order chi connectivity index (χ0) is 8.43. The van der Waals surface area contributed by atoms with Gasteiger partial charge in [0.2, 0.25) is 0 Å². The van der Waals surface area contributed by atoms with E-state index in [9.17, 15) is 4.79 Å². The van der Waals surface area contributed by atoms with Crippen LogP contribution in [0.2, 0.25) is 0 Å². The van der Waals surface area contributed by atoms with Gasteiger partial charge in [-0.3, -0.25) is 10.5 Å². The van der Waals surface area contributed by atoms with Gasteiger partial charge in [0.1, 0.15) is 0 Å². The molecule has 1 aromatic rings. The molecule has 11 heavy (non-hydrogen) atoms. The molecule has 0 saturated heterocycles. The third-order valence-corrected chi connectivity index (χ3v) is 1.63. The van der Waals surface area contributed by atoms with E-state index in [1.165, 1.54) is 0 Å². The minimum absolute atomic E-state index is 0.496. The summed E-state index contributed by atoms with van der Waals surface area (Å²) in [4.78, 5) is 10.6. The summed E-state index contributed by atoms with van der Waals surface area (Å²) in [6.07, 6.45) is 0. The van der Waals surface area contributed by atoms with Gasteiger partial charge in [-0.05, 0) is 25.5 Å². The Morgan fingerprint density at radius 2 is 2.00 bits per heavy atom. The van der Waals surface area contributed by atoms with Crippen molar-refractivity contribution in [3.63, 3.8) is 0 Å². The highest BCUT2D eigenvalue weighted by Gasteiger charge is 2.03. The molecule has 0 aliphatic rings. The molecule has 0 aliphatic heterocycles. The molecule has 57 valence electrons. The number of hydrogen-bond donors (Lipinski definition) is 0. The molecule has 1 rings (SSSR count). The van der Waals surface area contributed by atoms with Crippen LogP contribution in [-0.4, -0.2) is 5.91 Å². The Hall–Kier alpha value is -1.31. The van der Waals surface area contributed by atoms with Crippen LogP contribution in [0.25, 0.3) is 0 Å². The van der Waals surface area contributed by atoms with Gasteiger partial charge in [-0.2, -0.15) is 0 Å². The van der Waals surface area contributed by atoms with Crippen LogP contribution in [0, 0.1) is 13.8 Å². The fraction of sp³-hybridized carbons (Fsp3) is 0.222. The number of benzene rings is 1. The molecule has 1 aromatic carbocycles. The second kappa shape index (κ2) is 2.74. The standard InChI is InChI=1S/C9H10NO/c1-6-3-4-8(9(10)11)7(2)5-6/h3-5,10H,1-2H3. The van der Waals surface area contributed by atoms with Crippen molar-refractivity contribution in [3.05, 3.63) is 34.9 Å². The van der Waals surface area contributed by atoms with Gasteiger partial charge in [0.15, 0.2) is 0 Å². The smallest absolute Gasteiger partial charge is 0.267 e. The molecule has 1 amide bonds. The summed E-state index contributed by atoms with van der Waals surface area (Å²) in [6, 6.07) is 5.44. The van der Waals surface area contributed by atoms with Crippen LogP contribution >= 0.6 is 0 Å². The number of nitrogens with one attached hydrogen (secondary N) is 1. The lowest BCUT2D eigenvalue weighted by Crippen LogP contribution is -2.01. The van der Waals surface area contributed by atoms with Crippen molar-refractivity contribution in [3.8, 4) is 0 Å². The molecule has 0 bridgehead atoms. The van der Waals surface area contributed by atoms with Crippen LogP contribution in [0.3, 0.4) is 0 Å². The van der Waals surface area contributed by atoms with Crippen molar-refractivity contribution in [1.29, 1.82) is 0 Å². The molecule has 2 heteroatoms. The molecule has 0 spiro atoms. The van der Waals surface area contributed by atoms with Crippen molar-refractivity contribution < 1.29 is 4.79 Å². The Morgan fingerprint density at radius 1 is 1.36 bits per heavy atom. The first-order valence-electron chi connectivity index (χ1n) is 3.44. The Kier molecular flexibility index (Phi) is 1.94. The number of carbonyl (C=O) groups is 1. The van der Waals surface area contributed by atoms with E-state index in [0.29, 0.717) is 5.56 Å². The predicted octanol–water partition coefficient (Wildman–Crippen LogP) is 1.73. The molecular formula is C9H10NO. The highest BCUT2D eigenvalue weighted by Crippen LogP contribution is 2.09. The second-order valence-electron chi connectivity index (χ2n) is 2.65. The van der Waals surface area contributed by atoms with E-state index in [-0.39, 0.29) is 0 Å². The summed E-state index contributed by atoms with van der Waals surface area (Å²) >= 11 is 0. The van der Waals surface area contributed by atoms with Crippen molar-refractivity contribution in [2.24, 2.45) is 0 Å². The molecule has 0 atom stereocenters. The number of amides is 1. The zero-order valence-corrected chi connectivity index (χ0v) is 6.64. The maximum absolute atomic E-state index is 10.6. The number of carbonyl (C=O) groups excluding carboxylic acids is 1. The monoisotopic (exact) mass is 148 g/mol. The molecule has 2 nitrogen and oxygen atoms in total. The molecule has 0 aliphatic carbocycles. The van der Waals surface area contributed by atoms with Crippen LogP contribution in [0.1, 0.15) is 21.5 Å². The van der Waals surface area contributed by atoms with Gasteiger partial charge < -0.3 is 0 Å². The van der Waals surface area contributed by atoms with E-state index in [4.69, 9.17) is 5.73 Å². The Balaban J connectivity index is 3.20. The van der Waals surface area contributed by atoms with E-state index in [2.05, 4.69) is 0 Å². The molecule has 0 aromatic heterocycles. The molecule has 0 fully saturated rings. The van der Waals surface area contributed by atoms with E-state index in [1.807, 2.05) is 26.0 Å². The fourth-order valence-corrected chi connectivity index (χ4v) is 1.07. The van der Waals surface area contributed by atoms with Crippen molar-refractivity contribution in [2.45, 2.75) is 13.8 Å². The van der Waals surface area contributed by atoms with Gasteiger partial charge in [0, 0.05) is 5.56 Å². The third-order valence-electron chi connectivity index (χ3n) is 1.63. The third kappa shape index (κ3) is 1.58. The molecule has 0 saturated carbocycles. The van der Waals surface area contributed by atoms with E-state index in [0.717, 1.165) is 11.1 Å². The predicted molar refractivity (Wildman–Crippen MR) is 43.3 cm³/mol.